The maximum absolute atomic E-state index is 6.05. The second-order valence-electron chi connectivity index (χ2n) is 17.0. The third-order valence-corrected chi connectivity index (χ3v) is 12.4. The summed E-state index contributed by atoms with van der Waals surface area (Å²) in [4.78, 5) is 0. The molecule has 310 valence electrons. The van der Waals surface area contributed by atoms with Crippen LogP contribution in [0.4, 0.5) is 0 Å². The van der Waals surface area contributed by atoms with Gasteiger partial charge in [0.15, 0.2) is 0 Å². The average Bonchev–Trinajstić information content (AvgIpc) is 3.56. The zero-order valence-corrected chi connectivity index (χ0v) is 37.3. The van der Waals surface area contributed by atoms with Crippen LogP contribution in [0.5, 0.6) is 0 Å². The van der Waals surface area contributed by atoms with E-state index in [9.17, 15) is 0 Å². The highest BCUT2D eigenvalue weighted by molar-refractivity contribution is 6.13. The molecule has 0 spiro atoms. The summed E-state index contributed by atoms with van der Waals surface area (Å²) in [6.45, 7) is 13.9. The lowest BCUT2D eigenvalue weighted by atomic mass is 9.81. The number of rotatable bonds is 3. The summed E-state index contributed by atoms with van der Waals surface area (Å²) >= 11 is 0. The molecule has 0 aliphatic heterocycles. The topological polar surface area (TPSA) is 26.0 Å². The van der Waals surface area contributed by atoms with E-state index in [2.05, 4.69) is 215 Å². The van der Waals surface area contributed by atoms with Gasteiger partial charge < -0.3 is 5.73 Å². The fourth-order valence-corrected chi connectivity index (χ4v) is 9.03. The molecule has 0 aromatic heterocycles. The van der Waals surface area contributed by atoms with Crippen molar-refractivity contribution in [1.29, 1.82) is 0 Å². The summed E-state index contributed by atoms with van der Waals surface area (Å²) < 4.78 is 0. The molecular formula is C62H57N. The first-order chi connectivity index (χ1) is 30.7. The molecule has 0 saturated heterocycles. The SMILES string of the molecule is C/C=C\C.C=CC.CC1(C)c2ccccc2-c2ccc(-c3ccc(-c4ccc5ccccc5c4)cc3)cc21.NC1C=c2ccc(-c3cc4ccccc4c4ccccc34)cc2=CC1. The predicted octanol–water partition coefficient (Wildman–Crippen LogP) is 15.2. The standard InChI is InChI=1S/C31H24.C24H19N.C4H8.C3H6/c1-31(2)29-10-6-5-9-27(29)28-18-17-26(20-30(28)31)23-13-11-22(12-14-23)25-16-15-21-7-3-4-8-24(21)19-25;25-20-12-11-16-13-19(10-9-17(16)14-20)24-15-18-5-1-2-6-21(18)22-7-3-4-8-23(22)24;1-3-4-2;1-3-2/h3-20H,1-2H3;1-11,13-15,20H,12,25H2;3-4H,1-2H3;3H,1H2,2H3/b;;4-3-;. The molecule has 0 bridgehead atoms. The Hall–Kier alpha value is -7.06. The molecule has 0 amide bonds. The van der Waals surface area contributed by atoms with Crippen LogP contribution in [0, 0.1) is 0 Å². The van der Waals surface area contributed by atoms with Crippen molar-refractivity contribution < 1.29 is 0 Å². The number of fused-ring (bicyclic) bond motifs is 8. The van der Waals surface area contributed by atoms with Gasteiger partial charge in [-0.15, -0.1) is 6.58 Å². The molecule has 1 nitrogen and oxygen atoms in total. The smallest absolute Gasteiger partial charge is 0.0268 e. The van der Waals surface area contributed by atoms with Gasteiger partial charge in [-0.1, -0.05) is 202 Å². The van der Waals surface area contributed by atoms with Gasteiger partial charge >= 0.3 is 0 Å². The van der Waals surface area contributed by atoms with Crippen molar-refractivity contribution in [3.05, 3.63) is 228 Å². The van der Waals surface area contributed by atoms with Crippen LogP contribution in [0.3, 0.4) is 0 Å². The van der Waals surface area contributed by atoms with Crippen LogP contribution in [-0.2, 0) is 5.41 Å². The summed E-state index contributed by atoms with van der Waals surface area (Å²) in [6, 6.07) is 66.5. The molecule has 11 rings (SSSR count). The molecule has 1 atom stereocenters. The second kappa shape index (κ2) is 18.9. The van der Waals surface area contributed by atoms with E-state index in [-0.39, 0.29) is 11.5 Å². The highest BCUT2D eigenvalue weighted by Crippen LogP contribution is 2.49. The summed E-state index contributed by atoms with van der Waals surface area (Å²) in [5.74, 6) is 0. The van der Waals surface area contributed by atoms with Crippen LogP contribution in [-0.4, -0.2) is 6.04 Å². The van der Waals surface area contributed by atoms with Gasteiger partial charge in [-0.2, -0.15) is 0 Å². The summed E-state index contributed by atoms with van der Waals surface area (Å²) in [7, 11) is 0. The summed E-state index contributed by atoms with van der Waals surface area (Å²) in [5.41, 5.74) is 19.3. The van der Waals surface area contributed by atoms with Crippen LogP contribution >= 0.6 is 0 Å². The molecule has 63 heavy (non-hydrogen) atoms. The number of hydrogen-bond acceptors (Lipinski definition) is 1. The maximum Gasteiger partial charge on any atom is 0.0268 e. The zero-order chi connectivity index (χ0) is 43.9. The molecular weight excluding hydrogens is 759 g/mol. The highest BCUT2D eigenvalue weighted by Gasteiger charge is 2.35. The molecule has 1 heteroatoms. The molecule has 0 heterocycles. The van der Waals surface area contributed by atoms with Crippen molar-refractivity contribution in [2.24, 2.45) is 5.73 Å². The summed E-state index contributed by atoms with van der Waals surface area (Å²) in [6.07, 6.45) is 11.1. The number of allylic oxidation sites excluding steroid dienone is 3. The van der Waals surface area contributed by atoms with E-state index in [1.54, 1.807) is 6.08 Å². The first kappa shape index (κ1) is 42.6. The van der Waals surface area contributed by atoms with E-state index in [1.807, 2.05) is 32.9 Å². The van der Waals surface area contributed by atoms with Crippen molar-refractivity contribution in [1.82, 2.24) is 0 Å². The second-order valence-corrected chi connectivity index (χ2v) is 17.0. The maximum atomic E-state index is 6.05. The Morgan fingerprint density at radius 1 is 0.460 bits per heavy atom. The molecule has 9 aromatic carbocycles. The lowest BCUT2D eigenvalue weighted by molar-refractivity contribution is 0.660. The van der Waals surface area contributed by atoms with E-state index in [1.165, 1.54) is 98.4 Å². The number of benzene rings is 9. The third-order valence-electron chi connectivity index (χ3n) is 12.4. The minimum atomic E-state index is 0.0347. The van der Waals surface area contributed by atoms with Crippen molar-refractivity contribution >= 4 is 44.5 Å². The molecule has 2 aliphatic carbocycles. The quantitative estimate of drug-likeness (QED) is 0.140. The fourth-order valence-electron chi connectivity index (χ4n) is 9.03. The minimum Gasteiger partial charge on any atom is -0.324 e. The van der Waals surface area contributed by atoms with Crippen molar-refractivity contribution in [2.45, 2.75) is 52.5 Å². The van der Waals surface area contributed by atoms with E-state index in [4.69, 9.17) is 5.73 Å². The highest BCUT2D eigenvalue weighted by atomic mass is 14.6. The monoisotopic (exact) mass is 815 g/mol. The molecule has 2 N–H and O–H groups in total. The lowest BCUT2D eigenvalue weighted by Gasteiger charge is -2.22. The third kappa shape index (κ3) is 8.85. The van der Waals surface area contributed by atoms with Crippen LogP contribution < -0.4 is 16.2 Å². The molecule has 2 aliphatic rings. The van der Waals surface area contributed by atoms with Crippen LogP contribution in [0.25, 0.3) is 89.0 Å². The largest absolute Gasteiger partial charge is 0.324 e. The molecule has 9 aromatic rings. The minimum absolute atomic E-state index is 0.0347. The van der Waals surface area contributed by atoms with E-state index >= 15 is 0 Å². The van der Waals surface area contributed by atoms with Gasteiger partial charge in [0.2, 0.25) is 0 Å². The molecule has 0 radical (unpaired) electrons. The van der Waals surface area contributed by atoms with E-state index in [0.717, 1.165) is 6.42 Å². The lowest BCUT2D eigenvalue weighted by Crippen LogP contribution is -2.33. The van der Waals surface area contributed by atoms with Crippen molar-refractivity contribution in [3.8, 4) is 44.5 Å². The Labute approximate surface area is 373 Å². The first-order valence-corrected chi connectivity index (χ1v) is 22.2. The normalized spacial score (nSPS) is 14.0. The van der Waals surface area contributed by atoms with Crippen LogP contribution in [0.1, 0.15) is 52.2 Å². The predicted molar refractivity (Wildman–Crippen MR) is 276 cm³/mol. The summed E-state index contributed by atoms with van der Waals surface area (Å²) in [5, 5.41) is 10.3. The number of hydrogen-bond donors (Lipinski definition) is 1. The van der Waals surface area contributed by atoms with Gasteiger partial charge in [0.25, 0.3) is 0 Å². The Morgan fingerprint density at radius 2 is 1.00 bits per heavy atom. The Bertz CT molecular complexity index is 3230. The first-order valence-electron chi connectivity index (χ1n) is 22.2. The van der Waals surface area contributed by atoms with Crippen molar-refractivity contribution in [2.75, 3.05) is 0 Å². The van der Waals surface area contributed by atoms with Gasteiger partial charge in [-0.25, -0.2) is 0 Å². The van der Waals surface area contributed by atoms with Crippen LogP contribution in [0.2, 0.25) is 0 Å². The number of nitrogens with two attached hydrogens (primary N) is 1. The Kier molecular flexibility index (Phi) is 12.8. The van der Waals surface area contributed by atoms with Gasteiger partial charge in [-0.3, -0.25) is 0 Å². The Morgan fingerprint density at radius 3 is 1.71 bits per heavy atom. The van der Waals surface area contributed by atoms with E-state index < -0.39 is 0 Å². The van der Waals surface area contributed by atoms with Gasteiger partial charge in [-0.05, 0) is 150 Å². The van der Waals surface area contributed by atoms with Crippen molar-refractivity contribution in [3.63, 3.8) is 0 Å². The van der Waals surface area contributed by atoms with E-state index in [0.29, 0.717) is 0 Å². The average molecular weight is 816 g/mol. The Balaban J connectivity index is 0.000000153. The zero-order valence-electron chi connectivity index (χ0n) is 37.3. The molecule has 1 unspecified atom stereocenters. The van der Waals surface area contributed by atoms with Gasteiger partial charge in [0.1, 0.15) is 0 Å². The van der Waals surface area contributed by atoms with Gasteiger partial charge in [0.05, 0.1) is 0 Å². The molecule has 0 saturated carbocycles. The van der Waals surface area contributed by atoms with Crippen LogP contribution in [0.15, 0.2) is 207 Å². The van der Waals surface area contributed by atoms with Gasteiger partial charge in [0, 0.05) is 11.5 Å². The molecule has 0 fully saturated rings. The fraction of sp³-hybridized carbons (Fsp3) is 0.129.